The zero-order valence-electron chi connectivity index (χ0n) is 11.8. The summed E-state index contributed by atoms with van der Waals surface area (Å²) in [5.41, 5.74) is 0.939. The zero-order chi connectivity index (χ0) is 14.7. The fourth-order valence-electron chi connectivity index (χ4n) is 2.14. The van der Waals surface area contributed by atoms with Gasteiger partial charge in [0.1, 0.15) is 5.75 Å². The van der Waals surface area contributed by atoms with E-state index >= 15 is 0 Å². The number of rotatable bonds is 6. The van der Waals surface area contributed by atoms with Crippen LogP contribution in [-0.2, 0) is 17.6 Å². The van der Waals surface area contributed by atoms with Gasteiger partial charge < -0.3 is 13.9 Å². The Morgan fingerprint density at radius 1 is 1.45 bits per heavy atom. The summed E-state index contributed by atoms with van der Waals surface area (Å²) in [7, 11) is 0. The van der Waals surface area contributed by atoms with Crippen LogP contribution in [0.4, 0.5) is 0 Å². The van der Waals surface area contributed by atoms with Gasteiger partial charge in [-0.25, -0.2) is 4.21 Å². The summed E-state index contributed by atoms with van der Waals surface area (Å²) < 4.78 is 28.9. The maximum absolute atomic E-state index is 11.6. The summed E-state index contributed by atoms with van der Waals surface area (Å²) in [6.45, 7) is 4.69. The highest BCUT2D eigenvalue weighted by atomic mass is 32.2. The normalized spacial score (nSPS) is 13.1. The molecule has 1 aromatic carbocycles. The molecule has 1 heterocycles. The number of hydrogen-bond donors (Lipinski definition) is 1. The molecule has 2 aromatic rings. The van der Waals surface area contributed by atoms with Crippen molar-refractivity contribution in [1.82, 2.24) is 4.57 Å². The van der Waals surface area contributed by atoms with Gasteiger partial charge in [0.25, 0.3) is 0 Å². The van der Waals surface area contributed by atoms with Gasteiger partial charge >= 0.3 is 0 Å². The average molecular weight is 313 g/mol. The number of aromatic nitrogens is 1. The third kappa shape index (κ3) is 3.19. The lowest BCUT2D eigenvalue weighted by Crippen LogP contribution is -2.06. The van der Waals surface area contributed by atoms with E-state index < -0.39 is 11.1 Å². The van der Waals surface area contributed by atoms with Crippen LogP contribution in [0.1, 0.15) is 13.8 Å². The number of nitrogens with zero attached hydrogens (tertiary/aromatic N) is 1. The topological polar surface area (TPSA) is 51.5 Å². The highest BCUT2D eigenvalue weighted by Gasteiger charge is 2.17. The Labute approximate surface area is 125 Å². The minimum atomic E-state index is -2.02. The predicted octanol–water partition coefficient (Wildman–Crippen LogP) is 3.37. The van der Waals surface area contributed by atoms with E-state index in [1.165, 1.54) is 0 Å². The lowest BCUT2D eigenvalue weighted by molar-refractivity contribution is 0.245. The molecule has 20 heavy (non-hydrogen) atoms. The Morgan fingerprint density at radius 2 is 2.20 bits per heavy atom. The second kappa shape index (κ2) is 6.65. The molecule has 0 fully saturated rings. The van der Waals surface area contributed by atoms with Gasteiger partial charge in [-0.15, -0.1) is 0 Å². The van der Waals surface area contributed by atoms with Crippen LogP contribution >= 0.6 is 11.8 Å². The molecule has 0 spiro atoms. The van der Waals surface area contributed by atoms with Crippen LogP contribution in [0.3, 0.4) is 0 Å². The van der Waals surface area contributed by atoms with Crippen molar-refractivity contribution in [3.8, 4) is 5.75 Å². The molecular weight excluding hydrogens is 294 g/mol. The summed E-state index contributed by atoms with van der Waals surface area (Å²) in [5.74, 6) is 1.62. The van der Waals surface area contributed by atoms with E-state index in [4.69, 9.17) is 4.74 Å². The number of fused-ring (bicyclic) bond motifs is 1. The molecule has 6 heteroatoms. The summed E-state index contributed by atoms with van der Waals surface area (Å²) >= 11 is -0.274. The first kappa shape index (κ1) is 15.4. The summed E-state index contributed by atoms with van der Waals surface area (Å²) in [5, 5.41) is 0.739. The first-order valence-corrected chi connectivity index (χ1v) is 8.93. The Hall–Kier alpha value is -0.980. The monoisotopic (exact) mass is 313 g/mol. The van der Waals surface area contributed by atoms with Gasteiger partial charge in [-0.2, -0.15) is 11.8 Å². The highest BCUT2D eigenvalue weighted by molar-refractivity contribution is 7.98. The van der Waals surface area contributed by atoms with Crippen LogP contribution in [0, 0.1) is 0 Å². The molecule has 2 rings (SSSR count). The molecule has 0 radical (unpaired) electrons. The maximum atomic E-state index is 11.6. The zero-order valence-corrected chi connectivity index (χ0v) is 13.5. The van der Waals surface area contributed by atoms with Gasteiger partial charge in [-0.05, 0) is 32.2 Å². The quantitative estimate of drug-likeness (QED) is 0.831. The Kier molecular flexibility index (Phi) is 5.12. The van der Waals surface area contributed by atoms with Gasteiger partial charge in [0.2, 0.25) is 0 Å². The van der Waals surface area contributed by atoms with E-state index in [9.17, 15) is 8.76 Å². The fourth-order valence-corrected chi connectivity index (χ4v) is 3.12. The largest absolute Gasteiger partial charge is 0.490 e. The predicted molar refractivity (Wildman–Crippen MR) is 85.1 cm³/mol. The minimum absolute atomic E-state index is 0.0233. The number of thioether (sulfide) groups is 1. The minimum Gasteiger partial charge on any atom is -0.490 e. The molecule has 0 aliphatic heterocycles. The van der Waals surface area contributed by atoms with E-state index in [1.807, 2.05) is 42.9 Å². The summed E-state index contributed by atoms with van der Waals surface area (Å²) in [6.07, 6.45) is 3.82. The van der Waals surface area contributed by atoms with Crippen molar-refractivity contribution in [2.24, 2.45) is 0 Å². The first-order valence-electron chi connectivity index (χ1n) is 6.43. The molecule has 0 bridgehead atoms. The van der Waals surface area contributed by atoms with Crippen LogP contribution in [0.15, 0.2) is 29.3 Å². The number of aryl methyl sites for hydroxylation is 1. The second-order valence-corrected chi connectivity index (χ2v) is 6.67. The van der Waals surface area contributed by atoms with Crippen molar-refractivity contribution in [3.63, 3.8) is 0 Å². The number of ether oxygens (including phenoxy) is 1. The van der Waals surface area contributed by atoms with E-state index in [0.29, 0.717) is 10.6 Å². The van der Waals surface area contributed by atoms with Crippen molar-refractivity contribution in [3.05, 3.63) is 24.4 Å². The average Bonchev–Trinajstić information content (AvgIpc) is 2.76. The highest BCUT2D eigenvalue weighted by Crippen LogP contribution is 2.33. The van der Waals surface area contributed by atoms with Crippen LogP contribution in [0.5, 0.6) is 5.75 Å². The fraction of sp³-hybridized carbons (Fsp3) is 0.429. The van der Waals surface area contributed by atoms with Gasteiger partial charge in [-0.3, -0.25) is 0 Å². The molecular formula is C14H19NO3S2. The molecule has 1 unspecified atom stereocenters. The van der Waals surface area contributed by atoms with E-state index in [2.05, 4.69) is 0 Å². The van der Waals surface area contributed by atoms with Crippen molar-refractivity contribution in [2.45, 2.75) is 31.4 Å². The van der Waals surface area contributed by atoms with Crippen molar-refractivity contribution in [2.75, 3.05) is 12.0 Å². The Morgan fingerprint density at radius 3 is 2.80 bits per heavy atom. The second-order valence-electron chi connectivity index (χ2n) is 4.75. The van der Waals surface area contributed by atoms with Crippen LogP contribution < -0.4 is 4.74 Å². The van der Waals surface area contributed by atoms with Gasteiger partial charge in [0.15, 0.2) is 11.1 Å². The van der Waals surface area contributed by atoms with Crippen LogP contribution in [0.25, 0.3) is 10.9 Å². The molecule has 4 nitrogen and oxygen atoms in total. The smallest absolute Gasteiger partial charge is 0.188 e. The Balaban J connectivity index is 2.59. The van der Waals surface area contributed by atoms with Gasteiger partial charge in [0.05, 0.1) is 21.9 Å². The molecule has 0 saturated carbocycles. The molecule has 0 saturated heterocycles. The third-order valence-electron chi connectivity index (χ3n) is 2.92. The molecule has 0 aliphatic carbocycles. The Bertz CT molecular complexity index is 622. The van der Waals surface area contributed by atoms with Crippen LogP contribution in [-0.4, -0.2) is 31.4 Å². The lowest BCUT2D eigenvalue weighted by atomic mass is 10.2. The lowest BCUT2D eigenvalue weighted by Gasteiger charge is -2.12. The van der Waals surface area contributed by atoms with E-state index in [1.54, 1.807) is 18.0 Å². The molecule has 110 valence electrons. The standard InChI is InChI=1S/C14H19NO3S2/c1-10(2)18-12-6-4-5-11-14(12)13(20(16)17)9-15(11)7-8-19-3/h4-6,9-10H,7-8H2,1-3H3,(H,16,17). The van der Waals surface area contributed by atoms with Crippen molar-refractivity contribution in [1.29, 1.82) is 0 Å². The van der Waals surface area contributed by atoms with E-state index in [-0.39, 0.29) is 6.10 Å². The molecule has 0 aliphatic rings. The molecule has 1 atom stereocenters. The van der Waals surface area contributed by atoms with Gasteiger partial charge in [-0.1, -0.05) is 6.07 Å². The molecule has 1 N–H and O–H groups in total. The van der Waals surface area contributed by atoms with Gasteiger partial charge in [0, 0.05) is 18.5 Å². The third-order valence-corrected chi connectivity index (χ3v) is 4.20. The number of hydrogen-bond acceptors (Lipinski definition) is 3. The number of benzene rings is 1. The molecule has 1 aromatic heterocycles. The summed E-state index contributed by atoms with van der Waals surface area (Å²) in [4.78, 5) is 0.414. The first-order chi connectivity index (χ1) is 9.54. The van der Waals surface area contributed by atoms with E-state index in [0.717, 1.165) is 23.2 Å². The summed E-state index contributed by atoms with van der Waals surface area (Å²) in [6, 6.07) is 5.72. The maximum Gasteiger partial charge on any atom is 0.188 e. The van der Waals surface area contributed by atoms with Crippen LogP contribution in [0.2, 0.25) is 0 Å². The molecule has 0 amide bonds. The van der Waals surface area contributed by atoms with Crippen molar-refractivity contribution >= 4 is 33.7 Å². The van der Waals surface area contributed by atoms with Crippen molar-refractivity contribution < 1.29 is 13.5 Å². The SMILES string of the molecule is CSCCn1cc(S(=O)O)c2c(OC(C)C)cccc21.